The third-order valence-corrected chi connectivity index (χ3v) is 4.64. The van der Waals surface area contributed by atoms with Gasteiger partial charge in [-0.25, -0.2) is 0 Å². The number of aryl methyl sites for hydroxylation is 2. The Morgan fingerprint density at radius 3 is 2.30 bits per heavy atom. The Bertz CT molecular complexity index is 1030. The summed E-state index contributed by atoms with van der Waals surface area (Å²) in [4.78, 5) is 24.8. The van der Waals surface area contributed by atoms with Crippen LogP contribution in [0.3, 0.4) is 0 Å². The Morgan fingerprint density at radius 1 is 0.867 bits per heavy atom. The fraction of sp³-hybridized carbons (Fsp3) is 0.200. The normalized spacial score (nSPS) is 11.4. The number of carbonyl (C=O) groups is 2. The summed E-state index contributed by atoms with van der Waals surface area (Å²) >= 11 is 0. The van der Waals surface area contributed by atoms with Crippen LogP contribution in [-0.2, 0) is 16.0 Å². The SMILES string of the molecule is Cc1ccc(C)c(OC(C)C(=O)Nc2cccc(NC(=O)Cc3ccccc3)c2)c1. The number of nitrogens with one attached hydrogen (secondary N) is 2. The highest BCUT2D eigenvalue weighted by atomic mass is 16.5. The maximum absolute atomic E-state index is 12.6. The molecule has 0 bridgehead atoms. The third kappa shape index (κ3) is 5.95. The van der Waals surface area contributed by atoms with Crippen LogP contribution in [0.2, 0.25) is 0 Å². The molecule has 2 amide bonds. The molecule has 30 heavy (non-hydrogen) atoms. The first kappa shape index (κ1) is 21.1. The lowest BCUT2D eigenvalue weighted by molar-refractivity contribution is -0.122. The Morgan fingerprint density at radius 2 is 1.57 bits per heavy atom. The average molecular weight is 402 g/mol. The van der Waals surface area contributed by atoms with Gasteiger partial charge in [0.1, 0.15) is 5.75 Å². The summed E-state index contributed by atoms with van der Waals surface area (Å²) in [6.07, 6.45) is -0.375. The summed E-state index contributed by atoms with van der Waals surface area (Å²) in [5.74, 6) is 0.319. The molecule has 3 aromatic rings. The van der Waals surface area contributed by atoms with Crippen molar-refractivity contribution in [2.45, 2.75) is 33.3 Å². The molecule has 0 fully saturated rings. The molecule has 3 aromatic carbocycles. The predicted molar refractivity (Wildman–Crippen MR) is 120 cm³/mol. The number of anilines is 2. The third-order valence-electron chi connectivity index (χ3n) is 4.64. The summed E-state index contributed by atoms with van der Waals surface area (Å²) < 4.78 is 5.84. The van der Waals surface area contributed by atoms with Crippen LogP contribution in [0.25, 0.3) is 0 Å². The van der Waals surface area contributed by atoms with E-state index in [2.05, 4.69) is 10.6 Å². The monoisotopic (exact) mass is 402 g/mol. The second kappa shape index (κ2) is 9.74. The average Bonchev–Trinajstić information content (AvgIpc) is 2.71. The van der Waals surface area contributed by atoms with Crippen molar-refractivity contribution >= 4 is 23.2 Å². The van der Waals surface area contributed by atoms with Gasteiger partial charge in [-0.05, 0) is 61.7 Å². The summed E-state index contributed by atoms with van der Waals surface area (Å²) in [5, 5.41) is 5.71. The van der Waals surface area contributed by atoms with Gasteiger partial charge in [0.15, 0.2) is 6.10 Å². The molecule has 1 atom stereocenters. The minimum atomic E-state index is -0.665. The van der Waals surface area contributed by atoms with Crippen molar-refractivity contribution in [3.05, 3.63) is 89.5 Å². The van der Waals surface area contributed by atoms with Crippen molar-refractivity contribution in [2.75, 3.05) is 10.6 Å². The van der Waals surface area contributed by atoms with Crippen LogP contribution in [0.15, 0.2) is 72.8 Å². The molecule has 0 spiro atoms. The molecule has 0 aliphatic heterocycles. The maximum Gasteiger partial charge on any atom is 0.265 e. The zero-order chi connectivity index (χ0) is 21.5. The number of hydrogen-bond acceptors (Lipinski definition) is 3. The van der Waals surface area contributed by atoms with E-state index in [9.17, 15) is 9.59 Å². The van der Waals surface area contributed by atoms with Crippen LogP contribution >= 0.6 is 0 Å². The van der Waals surface area contributed by atoms with E-state index in [0.717, 1.165) is 16.7 Å². The zero-order valence-corrected chi connectivity index (χ0v) is 17.4. The first-order chi connectivity index (χ1) is 14.4. The minimum Gasteiger partial charge on any atom is -0.481 e. The van der Waals surface area contributed by atoms with Gasteiger partial charge in [-0.2, -0.15) is 0 Å². The molecule has 154 valence electrons. The Labute approximate surface area is 177 Å². The molecule has 0 radical (unpaired) electrons. The number of ether oxygens (including phenoxy) is 1. The first-order valence-electron chi connectivity index (χ1n) is 9.89. The molecule has 1 unspecified atom stereocenters. The molecule has 0 aromatic heterocycles. The van der Waals surface area contributed by atoms with Gasteiger partial charge in [0, 0.05) is 11.4 Å². The topological polar surface area (TPSA) is 67.4 Å². The second-order valence-corrected chi connectivity index (χ2v) is 7.31. The van der Waals surface area contributed by atoms with Gasteiger partial charge in [0.05, 0.1) is 6.42 Å². The van der Waals surface area contributed by atoms with Crippen LogP contribution in [0.1, 0.15) is 23.6 Å². The van der Waals surface area contributed by atoms with Gasteiger partial charge in [-0.3, -0.25) is 9.59 Å². The molecule has 0 heterocycles. The molecular formula is C25H26N2O3. The van der Waals surface area contributed by atoms with E-state index in [1.165, 1.54) is 0 Å². The molecule has 0 aliphatic rings. The van der Waals surface area contributed by atoms with E-state index in [1.807, 2.05) is 62.4 Å². The van der Waals surface area contributed by atoms with E-state index >= 15 is 0 Å². The summed E-state index contributed by atoms with van der Waals surface area (Å²) in [6, 6.07) is 22.5. The van der Waals surface area contributed by atoms with Crippen molar-refractivity contribution in [1.82, 2.24) is 0 Å². The smallest absolute Gasteiger partial charge is 0.265 e. The van der Waals surface area contributed by atoms with Gasteiger partial charge in [0.25, 0.3) is 5.91 Å². The quantitative estimate of drug-likeness (QED) is 0.591. The fourth-order valence-electron chi connectivity index (χ4n) is 2.98. The molecule has 5 nitrogen and oxygen atoms in total. The Kier molecular flexibility index (Phi) is 6.86. The Balaban J connectivity index is 1.59. The van der Waals surface area contributed by atoms with Gasteiger partial charge in [-0.1, -0.05) is 48.5 Å². The number of carbonyl (C=O) groups excluding carboxylic acids is 2. The van der Waals surface area contributed by atoms with E-state index < -0.39 is 6.10 Å². The second-order valence-electron chi connectivity index (χ2n) is 7.31. The van der Waals surface area contributed by atoms with Gasteiger partial charge in [0.2, 0.25) is 5.91 Å². The standard InChI is InChI=1S/C25H26N2O3/c1-17-12-13-18(2)23(14-17)30-19(3)25(29)27-22-11-7-10-21(16-22)26-24(28)15-20-8-5-4-6-9-20/h4-14,16,19H,15H2,1-3H3,(H,26,28)(H,27,29). The molecule has 0 saturated carbocycles. The van der Waals surface area contributed by atoms with Crippen LogP contribution in [-0.4, -0.2) is 17.9 Å². The fourth-order valence-corrected chi connectivity index (χ4v) is 2.98. The lowest BCUT2D eigenvalue weighted by atomic mass is 10.1. The molecule has 2 N–H and O–H groups in total. The minimum absolute atomic E-state index is 0.115. The van der Waals surface area contributed by atoms with E-state index in [-0.39, 0.29) is 18.2 Å². The highest BCUT2D eigenvalue weighted by molar-refractivity contribution is 5.96. The van der Waals surface area contributed by atoms with Crippen molar-refractivity contribution in [3.8, 4) is 5.75 Å². The van der Waals surface area contributed by atoms with Crippen LogP contribution in [0.5, 0.6) is 5.75 Å². The predicted octanol–water partition coefficient (Wildman–Crippen LogP) is 4.89. The lowest BCUT2D eigenvalue weighted by Gasteiger charge is -2.17. The number of amides is 2. The van der Waals surface area contributed by atoms with E-state index in [1.54, 1.807) is 31.2 Å². The van der Waals surface area contributed by atoms with Crippen LogP contribution in [0.4, 0.5) is 11.4 Å². The molecule has 3 rings (SSSR count). The molecule has 0 aliphatic carbocycles. The number of hydrogen-bond donors (Lipinski definition) is 2. The first-order valence-corrected chi connectivity index (χ1v) is 9.89. The summed E-state index contributed by atoms with van der Waals surface area (Å²) in [6.45, 7) is 5.64. The summed E-state index contributed by atoms with van der Waals surface area (Å²) in [7, 11) is 0. The largest absolute Gasteiger partial charge is 0.481 e. The van der Waals surface area contributed by atoms with E-state index in [4.69, 9.17) is 4.74 Å². The van der Waals surface area contributed by atoms with Crippen molar-refractivity contribution in [1.29, 1.82) is 0 Å². The van der Waals surface area contributed by atoms with Crippen molar-refractivity contribution < 1.29 is 14.3 Å². The highest BCUT2D eigenvalue weighted by Crippen LogP contribution is 2.21. The number of rotatable bonds is 7. The number of benzene rings is 3. The van der Waals surface area contributed by atoms with Crippen LogP contribution in [0, 0.1) is 13.8 Å². The van der Waals surface area contributed by atoms with Crippen LogP contribution < -0.4 is 15.4 Å². The molecule has 0 saturated heterocycles. The van der Waals surface area contributed by atoms with E-state index in [0.29, 0.717) is 17.1 Å². The Hall–Kier alpha value is -3.60. The summed E-state index contributed by atoms with van der Waals surface area (Å²) in [5.41, 5.74) is 4.20. The van der Waals surface area contributed by atoms with Gasteiger partial charge in [-0.15, -0.1) is 0 Å². The van der Waals surface area contributed by atoms with Gasteiger partial charge >= 0.3 is 0 Å². The highest BCUT2D eigenvalue weighted by Gasteiger charge is 2.16. The lowest BCUT2D eigenvalue weighted by Crippen LogP contribution is -2.30. The molecule has 5 heteroatoms. The van der Waals surface area contributed by atoms with Crippen molar-refractivity contribution in [3.63, 3.8) is 0 Å². The molecular weight excluding hydrogens is 376 g/mol. The van der Waals surface area contributed by atoms with Gasteiger partial charge < -0.3 is 15.4 Å². The maximum atomic E-state index is 12.6. The zero-order valence-electron chi connectivity index (χ0n) is 17.4. The van der Waals surface area contributed by atoms with Crippen molar-refractivity contribution in [2.24, 2.45) is 0 Å².